The molecule has 4 nitrogen and oxygen atoms in total. The molecule has 0 saturated carbocycles. The molecule has 0 fully saturated rings. The molecule has 0 aromatic heterocycles. The highest BCUT2D eigenvalue weighted by molar-refractivity contribution is 5.42. The Labute approximate surface area is 116 Å². The van der Waals surface area contributed by atoms with Crippen molar-refractivity contribution in [3.05, 3.63) is 28.8 Å². The molecule has 108 valence electrons. The normalized spacial score (nSPS) is 13.4. The summed E-state index contributed by atoms with van der Waals surface area (Å²) in [7, 11) is 3.41. The maximum Gasteiger partial charge on any atom is 0.122 e. The molecule has 0 amide bonds. The predicted octanol–water partition coefficient (Wildman–Crippen LogP) is 2.63. The highest BCUT2D eigenvalue weighted by atomic mass is 16.5. The van der Waals surface area contributed by atoms with E-state index in [4.69, 9.17) is 15.3 Å². The molecule has 0 heterocycles. The SMILES string of the molecule is COc1cc(C)c(C(CC(C)(C)OC)NN)cc1C. The first-order chi connectivity index (χ1) is 8.84. The third kappa shape index (κ3) is 3.93. The zero-order chi connectivity index (χ0) is 14.6. The molecule has 19 heavy (non-hydrogen) atoms. The van der Waals surface area contributed by atoms with Gasteiger partial charge in [-0.2, -0.15) is 0 Å². The molecular formula is C15H26N2O2. The van der Waals surface area contributed by atoms with Crippen molar-refractivity contribution in [2.75, 3.05) is 14.2 Å². The van der Waals surface area contributed by atoms with Crippen molar-refractivity contribution in [2.45, 2.75) is 45.8 Å². The van der Waals surface area contributed by atoms with Crippen LogP contribution in [0.3, 0.4) is 0 Å². The van der Waals surface area contributed by atoms with Gasteiger partial charge in [-0.3, -0.25) is 11.3 Å². The standard InChI is InChI=1S/C15H26N2O2/c1-10-8-14(18-5)11(2)7-12(10)13(17-16)9-15(3,4)19-6/h7-8,13,17H,9,16H2,1-6H3. The molecule has 0 bridgehead atoms. The lowest BCUT2D eigenvalue weighted by Gasteiger charge is -2.29. The molecule has 1 aromatic rings. The van der Waals surface area contributed by atoms with Gasteiger partial charge in [-0.1, -0.05) is 6.07 Å². The van der Waals surface area contributed by atoms with Gasteiger partial charge in [-0.15, -0.1) is 0 Å². The second kappa shape index (κ2) is 6.37. The maximum absolute atomic E-state index is 5.72. The Morgan fingerprint density at radius 2 is 1.84 bits per heavy atom. The number of hydrogen-bond acceptors (Lipinski definition) is 4. The van der Waals surface area contributed by atoms with Crippen LogP contribution in [0.5, 0.6) is 5.75 Å². The third-order valence-corrected chi connectivity index (χ3v) is 3.61. The Hall–Kier alpha value is -1.10. The number of hydrazine groups is 1. The van der Waals surface area contributed by atoms with Gasteiger partial charge < -0.3 is 9.47 Å². The van der Waals surface area contributed by atoms with Crippen LogP contribution < -0.4 is 16.0 Å². The lowest BCUT2D eigenvalue weighted by Crippen LogP contribution is -2.35. The monoisotopic (exact) mass is 266 g/mol. The number of methoxy groups -OCH3 is 2. The molecule has 0 radical (unpaired) electrons. The number of hydrogen-bond donors (Lipinski definition) is 2. The van der Waals surface area contributed by atoms with Crippen LogP contribution in [0.25, 0.3) is 0 Å². The molecule has 0 aliphatic rings. The first-order valence-corrected chi connectivity index (χ1v) is 6.51. The van der Waals surface area contributed by atoms with Gasteiger partial charge >= 0.3 is 0 Å². The number of aryl methyl sites for hydroxylation is 2. The van der Waals surface area contributed by atoms with Gasteiger partial charge in [0.1, 0.15) is 5.75 Å². The van der Waals surface area contributed by atoms with Crippen LogP contribution in [-0.4, -0.2) is 19.8 Å². The summed E-state index contributed by atoms with van der Waals surface area (Å²) in [4.78, 5) is 0. The fourth-order valence-electron chi connectivity index (χ4n) is 2.24. The van der Waals surface area contributed by atoms with Gasteiger partial charge in [0.2, 0.25) is 0 Å². The minimum Gasteiger partial charge on any atom is -0.496 e. The Morgan fingerprint density at radius 1 is 1.21 bits per heavy atom. The van der Waals surface area contributed by atoms with Crippen molar-refractivity contribution >= 4 is 0 Å². The fraction of sp³-hybridized carbons (Fsp3) is 0.600. The first-order valence-electron chi connectivity index (χ1n) is 6.51. The van der Waals surface area contributed by atoms with Crippen LogP contribution in [0.2, 0.25) is 0 Å². The van der Waals surface area contributed by atoms with Crippen LogP contribution in [-0.2, 0) is 4.74 Å². The van der Waals surface area contributed by atoms with Crippen molar-refractivity contribution < 1.29 is 9.47 Å². The second-order valence-electron chi connectivity index (χ2n) is 5.57. The summed E-state index contributed by atoms with van der Waals surface area (Å²) in [5, 5.41) is 0. The van der Waals surface area contributed by atoms with Gasteiger partial charge in [0.05, 0.1) is 12.7 Å². The van der Waals surface area contributed by atoms with Crippen molar-refractivity contribution in [1.29, 1.82) is 0 Å². The Bertz CT molecular complexity index is 430. The Morgan fingerprint density at radius 3 is 2.32 bits per heavy atom. The van der Waals surface area contributed by atoms with E-state index in [1.165, 1.54) is 5.56 Å². The van der Waals surface area contributed by atoms with Crippen LogP contribution in [0.15, 0.2) is 12.1 Å². The average molecular weight is 266 g/mol. The molecule has 1 atom stereocenters. The van der Waals surface area contributed by atoms with E-state index in [-0.39, 0.29) is 11.6 Å². The minimum atomic E-state index is -0.225. The molecule has 1 aromatic carbocycles. The number of benzene rings is 1. The van der Waals surface area contributed by atoms with Gasteiger partial charge in [0.25, 0.3) is 0 Å². The van der Waals surface area contributed by atoms with Crippen molar-refractivity contribution in [1.82, 2.24) is 5.43 Å². The van der Waals surface area contributed by atoms with Crippen LogP contribution in [0.1, 0.15) is 43.0 Å². The van der Waals surface area contributed by atoms with Crippen molar-refractivity contribution in [3.63, 3.8) is 0 Å². The zero-order valence-corrected chi connectivity index (χ0v) is 12.8. The number of rotatable bonds is 6. The quantitative estimate of drug-likeness (QED) is 0.614. The zero-order valence-electron chi connectivity index (χ0n) is 12.8. The molecule has 3 N–H and O–H groups in total. The fourth-order valence-corrected chi connectivity index (χ4v) is 2.24. The van der Waals surface area contributed by atoms with E-state index < -0.39 is 0 Å². The summed E-state index contributed by atoms with van der Waals surface area (Å²) in [5.41, 5.74) is 6.13. The van der Waals surface area contributed by atoms with Gasteiger partial charge in [0.15, 0.2) is 0 Å². The largest absolute Gasteiger partial charge is 0.496 e. The topological polar surface area (TPSA) is 56.5 Å². The van der Waals surface area contributed by atoms with Gasteiger partial charge in [0, 0.05) is 13.2 Å². The lowest BCUT2D eigenvalue weighted by atomic mass is 9.90. The van der Waals surface area contributed by atoms with Crippen LogP contribution in [0.4, 0.5) is 0 Å². The summed E-state index contributed by atoms with van der Waals surface area (Å²) >= 11 is 0. The van der Waals surface area contributed by atoms with Gasteiger partial charge in [-0.05, 0) is 56.9 Å². The van der Waals surface area contributed by atoms with E-state index in [0.717, 1.165) is 23.3 Å². The molecule has 0 aliphatic heterocycles. The summed E-state index contributed by atoms with van der Waals surface area (Å²) < 4.78 is 10.8. The molecule has 0 saturated heterocycles. The summed E-state index contributed by atoms with van der Waals surface area (Å²) in [6.45, 7) is 8.23. The maximum atomic E-state index is 5.72. The molecule has 0 aliphatic carbocycles. The van der Waals surface area contributed by atoms with E-state index in [1.54, 1.807) is 14.2 Å². The van der Waals surface area contributed by atoms with Crippen LogP contribution >= 0.6 is 0 Å². The number of nitrogens with two attached hydrogens (primary N) is 1. The van der Waals surface area contributed by atoms with E-state index in [0.29, 0.717) is 0 Å². The summed E-state index contributed by atoms with van der Waals surface area (Å²) in [6, 6.07) is 4.23. The molecule has 0 spiro atoms. The highest BCUT2D eigenvalue weighted by Gasteiger charge is 2.24. The second-order valence-corrected chi connectivity index (χ2v) is 5.57. The molecule has 1 unspecified atom stereocenters. The van der Waals surface area contributed by atoms with E-state index in [2.05, 4.69) is 38.3 Å². The smallest absolute Gasteiger partial charge is 0.122 e. The summed E-state index contributed by atoms with van der Waals surface area (Å²) in [5.74, 6) is 6.62. The highest BCUT2D eigenvalue weighted by Crippen LogP contribution is 2.31. The Kier molecular flexibility index (Phi) is 5.35. The number of ether oxygens (including phenoxy) is 2. The van der Waals surface area contributed by atoms with Gasteiger partial charge in [-0.25, -0.2) is 0 Å². The lowest BCUT2D eigenvalue weighted by molar-refractivity contribution is 0.00676. The van der Waals surface area contributed by atoms with E-state index in [9.17, 15) is 0 Å². The predicted molar refractivity (Wildman–Crippen MR) is 78.2 cm³/mol. The van der Waals surface area contributed by atoms with Crippen molar-refractivity contribution in [2.24, 2.45) is 5.84 Å². The molecule has 1 rings (SSSR count). The molecule has 4 heteroatoms. The summed E-state index contributed by atoms with van der Waals surface area (Å²) in [6.07, 6.45) is 0.798. The average Bonchev–Trinajstić information content (AvgIpc) is 2.38. The third-order valence-electron chi connectivity index (χ3n) is 3.61. The van der Waals surface area contributed by atoms with Crippen LogP contribution in [0, 0.1) is 13.8 Å². The Balaban J connectivity index is 3.09. The number of nitrogens with one attached hydrogen (secondary N) is 1. The molecular weight excluding hydrogens is 240 g/mol. The van der Waals surface area contributed by atoms with Crippen molar-refractivity contribution in [3.8, 4) is 5.75 Å². The minimum absolute atomic E-state index is 0.0551. The van der Waals surface area contributed by atoms with E-state index >= 15 is 0 Å². The van der Waals surface area contributed by atoms with E-state index in [1.807, 2.05) is 6.92 Å². The first kappa shape index (κ1) is 16.0.